The quantitative estimate of drug-likeness (QED) is 0.863. The molecule has 0 atom stereocenters. The summed E-state index contributed by atoms with van der Waals surface area (Å²) < 4.78 is 5.10. The van der Waals surface area contributed by atoms with Gasteiger partial charge in [-0.2, -0.15) is 0 Å². The summed E-state index contributed by atoms with van der Waals surface area (Å²) in [6.07, 6.45) is 1.40. The number of aromatic nitrogens is 2. The summed E-state index contributed by atoms with van der Waals surface area (Å²) in [7, 11) is 0. The van der Waals surface area contributed by atoms with Crippen molar-refractivity contribution in [3.05, 3.63) is 46.6 Å². The first kappa shape index (κ1) is 12.3. The van der Waals surface area contributed by atoms with Gasteiger partial charge in [0.2, 0.25) is 5.89 Å². The van der Waals surface area contributed by atoms with Crippen LogP contribution in [0.5, 0.6) is 0 Å². The molecule has 1 aromatic heterocycles. The highest BCUT2D eigenvalue weighted by molar-refractivity contribution is 6.32. The number of hydrogen-bond donors (Lipinski definition) is 1. The maximum absolute atomic E-state index is 11.2. The molecule has 0 aliphatic heterocycles. The van der Waals surface area contributed by atoms with Crippen molar-refractivity contribution in [2.24, 2.45) is 0 Å². The number of aryl methyl sites for hydroxylation is 1. The van der Waals surface area contributed by atoms with Gasteiger partial charge in [0.25, 0.3) is 5.89 Å². The van der Waals surface area contributed by atoms with Gasteiger partial charge in [-0.3, -0.25) is 0 Å². The van der Waals surface area contributed by atoms with Crippen molar-refractivity contribution < 1.29 is 14.3 Å². The van der Waals surface area contributed by atoms with E-state index in [4.69, 9.17) is 21.1 Å². The number of halogens is 1. The lowest BCUT2D eigenvalue weighted by Crippen LogP contribution is -2.00. The Bertz CT molecular complexity index is 619. The molecule has 0 aliphatic rings. The van der Waals surface area contributed by atoms with E-state index in [2.05, 4.69) is 10.2 Å². The number of aliphatic carboxylic acids is 1. The Hall–Kier alpha value is -2.14. The molecule has 5 nitrogen and oxygen atoms in total. The molecule has 0 spiro atoms. The molecule has 0 saturated carbocycles. The second kappa shape index (κ2) is 5.01. The van der Waals surface area contributed by atoms with E-state index in [0.29, 0.717) is 16.5 Å². The highest BCUT2D eigenvalue weighted by Crippen LogP contribution is 2.22. The number of hydrogen-bond acceptors (Lipinski definition) is 4. The summed E-state index contributed by atoms with van der Waals surface area (Å²) in [4.78, 5) is 11.2. The Morgan fingerprint density at radius 1 is 1.39 bits per heavy atom. The van der Waals surface area contributed by atoms with Crippen molar-refractivity contribution in [3.8, 4) is 0 Å². The van der Waals surface area contributed by atoms with Crippen molar-refractivity contribution in [1.82, 2.24) is 10.2 Å². The van der Waals surface area contributed by atoms with Crippen molar-refractivity contribution in [3.63, 3.8) is 0 Å². The second-order valence-electron chi connectivity index (χ2n) is 3.51. The van der Waals surface area contributed by atoms with Gasteiger partial charge in [0.1, 0.15) is 5.57 Å². The second-order valence-corrected chi connectivity index (χ2v) is 3.92. The third-order valence-electron chi connectivity index (χ3n) is 2.19. The van der Waals surface area contributed by atoms with E-state index in [1.807, 2.05) is 0 Å². The molecule has 0 radical (unpaired) electrons. The van der Waals surface area contributed by atoms with Crippen LogP contribution in [0, 0.1) is 6.92 Å². The van der Waals surface area contributed by atoms with Gasteiger partial charge in [0.15, 0.2) is 0 Å². The van der Waals surface area contributed by atoms with Gasteiger partial charge in [-0.15, -0.1) is 10.2 Å². The van der Waals surface area contributed by atoms with Crippen LogP contribution in [0.3, 0.4) is 0 Å². The first-order valence-corrected chi connectivity index (χ1v) is 5.45. The molecule has 2 rings (SSSR count). The fraction of sp³-hybridized carbons (Fsp3) is 0.0833. The Labute approximate surface area is 108 Å². The summed E-state index contributed by atoms with van der Waals surface area (Å²) in [5.41, 5.74) is 0.483. The summed E-state index contributed by atoms with van der Waals surface area (Å²) in [6, 6.07) is 6.90. The van der Waals surface area contributed by atoms with Crippen LogP contribution in [0.25, 0.3) is 11.6 Å². The van der Waals surface area contributed by atoms with Crippen LogP contribution in [0.2, 0.25) is 5.02 Å². The molecular formula is C12H9ClN2O3. The van der Waals surface area contributed by atoms with Crippen LogP contribution in [0.15, 0.2) is 28.7 Å². The maximum Gasteiger partial charge on any atom is 0.341 e. The van der Waals surface area contributed by atoms with Gasteiger partial charge in [0, 0.05) is 11.9 Å². The zero-order valence-electron chi connectivity index (χ0n) is 9.42. The van der Waals surface area contributed by atoms with Gasteiger partial charge < -0.3 is 9.52 Å². The van der Waals surface area contributed by atoms with Crippen LogP contribution in [0.1, 0.15) is 17.3 Å². The Morgan fingerprint density at radius 2 is 2.11 bits per heavy atom. The van der Waals surface area contributed by atoms with Gasteiger partial charge in [-0.25, -0.2) is 4.79 Å². The zero-order chi connectivity index (χ0) is 13.1. The fourth-order valence-electron chi connectivity index (χ4n) is 1.37. The summed E-state index contributed by atoms with van der Waals surface area (Å²) in [6.45, 7) is 1.59. The molecule has 0 fully saturated rings. The van der Waals surface area contributed by atoms with E-state index in [9.17, 15) is 4.79 Å². The molecule has 0 aliphatic carbocycles. The predicted octanol–water partition coefficient (Wildman–Crippen LogP) is 2.66. The molecule has 0 bridgehead atoms. The number of carboxylic acid groups (broad SMARTS) is 1. The van der Waals surface area contributed by atoms with Crippen molar-refractivity contribution >= 4 is 29.2 Å². The van der Waals surface area contributed by atoms with Crippen LogP contribution in [-0.4, -0.2) is 21.3 Å². The van der Waals surface area contributed by atoms with Gasteiger partial charge in [-0.1, -0.05) is 29.8 Å². The molecule has 0 amide bonds. The smallest absolute Gasteiger partial charge is 0.341 e. The lowest BCUT2D eigenvalue weighted by Gasteiger charge is -1.99. The number of rotatable bonds is 3. The van der Waals surface area contributed by atoms with Crippen LogP contribution >= 0.6 is 11.6 Å². The first-order valence-electron chi connectivity index (χ1n) is 5.08. The molecule has 6 heteroatoms. The molecule has 0 saturated heterocycles. The Kier molecular flexibility index (Phi) is 3.43. The van der Waals surface area contributed by atoms with E-state index < -0.39 is 5.97 Å². The van der Waals surface area contributed by atoms with Crippen molar-refractivity contribution in [2.45, 2.75) is 6.92 Å². The lowest BCUT2D eigenvalue weighted by atomic mass is 10.1. The molecule has 0 unspecified atom stereocenters. The monoisotopic (exact) mass is 264 g/mol. The van der Waals surface area contributed by atoms with E-state index in [1.54, 1.807) is 31.2 Å². The summed E-state index contributed by atoms with van der Waals surface area (Å²) in [5, 5.41) is 16.9. The lowest BCUT2D eigenvalue weighted by molar-refractivity contribution is -0.130. The van der Waals surface area contributed by atoms with Crippen LogP contribution < -0.4 is 0 Å². The Balaban J connectivity index is 2.49. The number of carbonyl (C=O) groups is 1. The van der Waals surface area contributed by atoms with Gasteiger partial charge >= 0.3 is 5.97 Å². The minimum absolute atomic E-state index is 0.0417. The van der Waals surface area contributed by atoms with Crippen LogP contribution in [0.4, 0.5) is 0 Å². The molecule has 18 heavy (non-hydrogen) atoms. The third kappa shape index (κ3) is 2.57. The zero-order valence-corrected chi connectivity index (χ0v) is 10.2. The number of benzene rings is 1. The number of nitrogens with zero attached hydrogens (tertiary/aromatic N) is 2. The maximum atomic E-state index is 11.2. The van der Waals surface area contributed by atoms with E-state index in [0.717, 1.165) is 0 Å². The summed E-state index contributed by atoms with van der Waals surface area (Å²) in [5.74, 6) is -0.894. The summed E-state index contributed by atoms with van der Waals surface area (Å²) >= 11 is 5.96. The van der Waals surface area contributed by atoms with Crippen molar-refractivity contribution in [2.75, 3.05) is 0 Å². The highest BCUT2D eigenvalue weighted by atomic mass is 35.5. The molecule has 92 valence electrons. The van der Waals surface area contributed by atoms with Gasteiger partial charge in [-0.05, 0) is 17.7 Å². The SMILES string of the molecule is Cc1nnc(/C(=C/c2ccccc2Cl)C(=O)O)o1. The predicted molar refractivity (Wildman–Crippen MR) is 66.0 cm³/mol. The van der Waals surface area contributed by atoms with Gasteiger partial charge in [0.05, 0.1) is 0 Å². The Morgan fingerprint density at radius 3 is 2.67 bits per heavy atom. The topological polar surface area (TPSA) is 76.2 Å². The number of carboxylic acids is 1. The first-order chi connectivity index (χ1) is 8.58. The highest BCUT2D eigenvalue weighted by Gasteiger charge is 2.17. The van der Waals surface area contributed by atoms with E-state index in [-0.39, 0.29) is 11.5 Å². The normalized spacial score (nSPS) is 11.6. The average molecular weight is 265 g/mol. The standard InChI is InChI=1S/C12H9ClN2O3/c1-7-14-15-11(18-7)9(12(16)17)6-8-4-2-3-5-10(8)13/h2-6H,1H3,(H,16,17)/b9-6-. The van der Waals surface area contributed by atoms with E-state index in [1.165, 1.54) is 6.08 Å². The molecule has 1 heterocycles. The average Bonchev–Trinajstić information content (AvgIpc) is 2.74. The van der Waals surface area contributed by atoms with Crippen LogP contribution in [-0.2, 0) is 4.79 Å². The molecule has 1 aromatic carbocycles. The molecule has 1 N–H and O–H groups in total. The molecular weight excluding hydrogens is 256 g/mol. The molecule has 2 aromatic rings. The van der Waals surface area contributed by atoms with Crippen molar-refractivity contribution in [1.29, 1.82) is 0 Å². The third-order valence-corrected chi connectivity index (χ3v) is 2.54. The minimum Gasteiger partial charge on any atom is -0.477 e. The largest absolute Gasteiger partial charge is 0.477 e. The fourth-order valence-corrected chi connectivity index (χ4v) is 1.56. The minimum atomic E-state index is -1.15. The van der Waals surface area contributed by atoms with E-state index >= 15 is 0 Å².